The molecule has 0 aromatic rings. The maximum absolute atomic E-state index is 2.00. The Morgan fingerprint density at radius 3 is 0.286 bits per heavy atom. The maximum Gasteiger partial charge on any atom is -0.0140 e. The molecular weight excluding hydrogens is 428 g/mol. The molecule has 0 radical (unpaired) electrons. The van der Waals surface area contributed by atoms with Crippen LogP contribution in [0.1, 0.15) is 131 Å². The first-order valence-electron chi connectivity index (χ1n) is 12.9. The minimum Gasteiger partial charge on any atom is -0.312 e. The van der Waals surface area contributed by atoms with Gasteiger partial charge in [-0.15, -0.1) is 0 Å². The molecule has 0 aliphatic heterocycles. The molecule has 0 aromatic heterocycles. The fraction of sp³-hybridized carbons (Fsp3) is 1.00. The molecule has 1 rings (SSSR count). The molecule has 0 aromatic carbocycles. The summed E-state index contributed by atoms with van der Waals surface area (Å²) >= 11 is 0. The molecule has 0 atom stereocenters. The van der Waals surface area contributed by atoms with Crippen molar-refractivity contribution in [2.45, 2.75) is 131 Å². The van der Waals surface area contributed by atoms with Crippen LogP contribution in [-0.2, 0) is 0 Å². The summed E-state index contributed by atoms with van der Waals surface area (Å²) in [6.45, 7) is 20.0. The van der Waals surface area contributed by atoms with Gasteiger partial charge in [0.2, 0.25) is 0 Å². The largest absolute Gasteiger partial charge is 0.312 e. The first kappa shape index (κ1) is 83.6. The van der Waals surface area contributed by atoms with Crippen LogP contribution in [0.4, 0.5) is 0 Å². The van der Waals surface area contributed by atoms with Crippen LogP contribution in [0.2, 0.25) is 0 Å². The number of rotatable bonds is 0. The summed E-state index contributed by atoms with van der Waals surface area (Å²) in [5.41, 5.74) is 0. The Morgan fingerprint density at radius 2 is 0.257 bits per heavy atom. The van der Waals surface area contributed by atoms with E-state index in [0.29, 0.717) is 0 Å². The van der Waals surface area contributed by atoms with Crippen LogP contribution < -0.4 is 0 Å². The van der Waals surface area contributed by atoms with Crippen molar-refractivity contribution in [3.63, 3.8) is 0 Å². The lowest BCUT2D eigenvalue weighted by Crippen LogP contribution is -1.99. The smallest absolute Gasteiger partial charge is 0.0140 e. The highest BCUT2D eigenvalue weighted by atomic mass is 15.0. The van der Waals surface area contributed by atoms with E-state index in [1.807, 2.05) is 173 Å². The predicted molar refractivity (Wildman–Crippen MR) is 185 cm³/mol. The van der Waals surface area contributed by atoms with Crippen molar-refractivity contribution in [3.8, 4) is 0 Å². The van der Waals surface area contributed by atoms with Gasteiger partial charge in [-0.3, -0.25) is 0 Å². The van der Waals surface area contributed by atoms with Crippen LogP contribution in [0.25, 0.3) is 0 Å². The third-order valence-corrected chi connectivity index (χ3v) is 1.25. The van der Waals surface area contributed by atoms with Crippen molar-refractivity contribution in [3.05, 3.63) is 0 Å². The third-order valence-electron chi connectivity index (χ3n) is 1.25. The average Bonchev–Trinajstić information content (AvgIpc) is 3.28. The van der Waals surface area contributed by atoms with Crippen molar-refractivity contribution in [1.82, 2.24) is 19.6 Å². The highest BCUT2D eigenvalue weighted by molar-refractivity contribution is 4.51. The van der Waals surface area contributed by atoms with Gasteiger partial charge in [-0.2, -0.15) is 0 Å². The van der Waals surface area contributed by atoms with Crippen LogP contribution in [0.15, 0.2) is 0 Å². The molecule has 0 heterocycles. The lowest BCUT2D eigenvalue weighted by atomic mass is 10.4. The number of nitrogens with zero attached hydrogens (tertiary/aromatic N) is 4. The normalized spacial score (nSPS) is 8.40. The maximum atomic E-state index is 2.00. The molecule has 35 heavy (non-hydrogen) atoms. The molecular formula is C31H92N4. The quantitative estimate of drug-likeness (QED) is 0.315. The summed E-state index contributed by atoms with van der Waals surface area (Å²) in [5.74, 6) is 0. The van der Waals surface area contributed by atoms with E-state index in [1.165, 1.54) is 32.1 Å². The summed E-state index contributed by atoms with van der Waals surface area (Å²) in [4.78, 5) is 8.00. The summed E-state index contributed by atoms with van der Waals surface area (Å²) in [6.07, 6.45) is 7.50. The average molecular weight is 521 g/mol. The SMILES string of the molecule is C.C.C.C.C1CCCC1.CC.CC.CC.CC.CC.CN(C)C.CN(C)C.CN(C)C.CN(C)C. The Kier molecular flexibility index (Phi) is 308. The molecule has 0 N–H and O–H groups in total. The van der Waals surface area contributed by atoms with Crippen molar-refractivity contribution < 1.29 is 0 Å². The zero-order valence-corrected chi connectivity index (χ0v) is 27.3. The Hall–Kier alpha value is -0.160. The monoisotopic (exact) mass is 521 g/mol. The summed E-state index contributed by atoms with van der Waals surface area (Å²) in [5, 5.41) is 0. The molecule has 0 amide bonds. The Balaban J connectivity index is -0.0000000141. The van der Waals surface area contributed by atoms with Crippen LogP contribution in [0.5, 0.6) is 0 Å². The second kappa shape index (κ2) is 129. The second-order valence-electron chi connectivity index (χ2n) is 7.13. The van der Waals surface area contributed by atoms with Crippen molar-refractivity contribution >= 4 is 0 Å². The van der Waals surface area contributed by atoms with Gasteiger partial charge >= 0.3 is 0 Å². The van der Waals surface area contributed by atoms with E-state index in [-0.39, 0.29) is 29.7 Å². The van der Waals surface area contributed by atoms with Crippen molar-refractivity contribution in [2.24, 2.45) is 0 Å². The van der Waals surface area contributed by atoms with Gasteiger partial charge in [0.15, 0.2) is 0 Å². The molecule has 0 bridgehead atoms. The van der Waals surface area contributed by atoms with Crippen LogP contribution in [0.3, 0.4) is 0 Å². The molecule has 1 aliphatic carbocycles. The van der Waals surface area contributed by atoms with E-state index >= 15 is 0 Å². The number of hydrogen-bond acceptors (Lipinski definition) is 4. The van der Waals surface area contributed by atoms with Gasteiger partial charge in [0.05, 0.1) is 0 Å². The predicted octanol–water partition coefficient (Wildman–Crippen LogP) is 10.3. The number of hydrogen-bond donors (Lipinski definition) is 0. The minimum absolute atomic E-state index is 0. The Morgan fingerprint density at radius 1 is 0.229 bits per heavy atom. The van der Waals surface area contributed by atoms with E-state index in [9.17, 15) is 0 Å². The van der Waals surface area contributed by atoms with Gasteiger partial charge < -0.3 is 19.6 Å². The van der Waals surface area contributed by atoms with Gasteiger partial charge in [0.25, 0.3) is 0 Å². The van der Waals surface area contributed by atoms with E-state index in [4.69, 9.17) is 0 Å². The van der Waals surface area contributed by atoms with Crippen molar-refractivity contribution in [2.75, 3.05) is 84.6 Å². The molecule has 0 saturated heterocycles. The zero-order chi connectivity index (χ0) is 27.8. The van der Waals surface area contributed by atoms with E-state index in [2.05, 4.69) is 0 Å². The standard InChI is InChI=1S/C5H10.4C3H9N.5C2H6.4CH4/c1-2-4-5-3-1;4*1-4(2)3;5*1-2;;;;/h1-5H2;4*1-3H3;5*1-2H3;4*1H4. The Labute approximate surface area is 235 Å². The highest BCUT2D eigenvalue weighted by Crippen LogP contribution is 2.15. The van der Waals surface area contributed by atoms with Crippen LogP contribution >= 0.6 is 0 Å². The summed E-state index contributed by atoms with van der Waals surface area (Å²) < 4.78 is 0. The molecule has 236 valence electrons. The first-order valence-corrected chi connectivity index (χ1v) is 12.9. The molecule has 0 unspecified atom stereocenters. The second-order valence-corrected chi connectivity index (χ2v) is 7.13. The summed E-state index contributed by atoms with van der Waals surface area (Å²) in [7, 11) is 24.0. The lowest BCUT2D eigenvalue weighted by molar-refractivity contribution is 0.505. The minimum atomic E-state index is 0. The van der Waals surface area contributed by atoms with E-state index in [0.717, 1.165) is 0 Å². The van der Waals surface area contributed by atoms with Gasteiger partial charge in [-0.25, -0.2) is 0 Å². The van der Waals surface area contributed by atoms with Crippen molar-refractivity contribution in [1.29, 1.82) is 0 Å². The molecule has 1 saturated carbocycles. The van der Waals surface area contributed by atoms with Gasteiger partial charge in [0.1, 0.15) is 0 Å². The molecule has 4 nitrogen and oxygen atoms in total. The molecule has 4 heteroatoms. The zero-order valence-electron chi connectivity index (χ0n) is 27.3. The van der Waals surface area contributed by atoms with Crippen LogP contribution in [-0.4, -0.2) is 104 Å². The summed E-state index contributed by atoms with van der Waals surface area (Å²) in [6, 6.07) is 0. The highest BCUT2D eigenvalue weighted by Gasteiger charge is 1.95. The molecule has 1 aliphatic rings. The van der Waals surface area contributed by atoms with E-state index < -0.39 is 0 Å². The molecule has 1 fully saturated rings. The third kappa shape index (κ3) is 1460. The van der Waals surface area contributed by atoms with E-state index in [1.54, 1.807) is 0 Å². The first-order chi connectivity index (χ1) is 14.4. The van der Waals surface area contributed by atoms with Gasteiger partial charge in [0, 0.05) is 0 Å². The molecule has 0 spiro atoms. The topological polar surface area (TPSA) is 13.0 Å². The fourth-order valence-electron chi connectivity index (χ4n) is 0.884. The van der Waals surface area contributed by atoms with Gasteiger partial charge in [-0.05, 0) is 84.6 Å². The Bertz CT molecular complexity index is 102. The lowest BCUT2D eigenvalue weighted by Gasteiger charge is -1.90. The van der Waals surface area contributed by atoms with Crippen LogP contribution in [0, 0.1) is 0 Å². The van der Waals surface area contributed by atoms with Gasteiger partial charge in [-0.1, -0.05) is 131 Å². The fourth-order valence-corrected chi connectivity index (χ4v) is 0.884.